The number of Topliss-reactive ketones (excluding diaryl/α,β-unsaturated/α-hetero) is 1. The fourth-order valence-electron chi connectivity index (χ4n) is 1.74. The minimum atomic E-state index is -0.111. The van der Waals surface area contributed by atoms with Crippen molar-refractivity contribution in [3.63, 3.8) is 0 Å². The van der Waals surface area contributed by atoms with E-state index >= 15 is 0 Å². The van der Waals surface area contributed by atoms with E-state index in [2.05, 4.69) is 15.9 Å². The zero-order chi connectivity index (χ0) is 14.0. The minimum absolute atomic E-state index is 0.111. The van der Waals surface area contributed by atoms with Gasteiger partial charge in [0.15, 0.2) is 5.78 Å². The van der Waals surface area contributed by atoms with Crippen LogP contribution < -0.4 is 5.73 Å². The van der Waals surface area contributed by atoms with Crippen molar-refractivity contribution in [1.82, 2.24) is 0 Å². The number of nitrogens with two attached hydrogens (primary N) is 1. The standard InChI is InChI=1S/C14H10BrCl2NO/c15-8-4-5-9(13(18)6-8)14(19)7-10-11(16)2-1-3-12(10)17/h1-6H,7,18H2. The van der Waals surface area contributed by atoms with E-state index in [0.717, 1.165) is 4.47 Å². The molecular formula is C14H10BrCl2NO. The molecule has 2 aromatic rings. The first-order valence-electron chi connectivity index (χ1n) is 5.50. The molecule has 0 heterocycles. The Hall–Kier alpha value is -1.03. The highest BCUT2D eigenvalue weighted by molar-refractivity contribution is 9.10. The summed E-state index contributed by atoms with van der Waals surface area (Å²) < 4.78 is 0.831. The van der Waals surface area contributed by atoms with Crippen LogP contribution in [0.25, 0.3) is 0 Å². The summed E-state index contributed by atoms with van der Waals surface area (Å²) in [5, 5.41) is 0.966. The van der Waals surface area contributed by atoms with E-state index in [-0.39, 0.29) is 12.2 Å². The quantitative estimate of drug-likeness (QED) is 0.634. The van der Waals surface area contributed by atoms with Gasteiger partial charge in [0.05, 0.1) is 0 Å². The summed E-state index contributed by atoms with van der Waals surface area (Å²) in [5.41, 5.74) is 7.36. The molecule has 0 aliphatic carbocycles. The zero-order valence-corrected chi connectivity index (χ0v) is 12.9. The lowest BCUT2D eigenvalue weighted by molar-refractivity contribution is 0.0994. The van der Waals surface area contributed by atoms with Crippen molar-refractivity contribution in [3.05, 3.63) is 62.0 Å². The van der Waals surface area contributed by atoms with E-state index in [1.807, 2.05) is 0 Å². The van der Waals surface area contributed by atoms with Gasteiger partial charge in [-0.15, -0.1) is 0 Å². The van der Waals surface area contributed by atoms with Crippen LogP contribution in [0.1, 0.15) is 15.9 Å². The Kier molecular flexibility index (Phi) is 4.50. The lowest BCUT2D eigenvalue weighted by Crippen LogP contribution is -2.07. The van der Waals surface area contributed by atoms with Gasteiger partial charge in [0, 0.05) is 32.2 Å². The van der Waals surface area contributed by atoms with Crippen LogP contribution in [0.3, 0.4) is 0 Å². The maximum atomic E-state index is 12.2. The zero-order valence-electron chi connectivity index (χ0n) is 9.79. The van der Waals surface area contributed by atoms with Gasteiger partial charge < -0.3 is 5.73 Å². The van der Waals surface area contributed by atoms with Crippen LogP contribution in [0.4, 0.5) is 5.69 Å². The van der Waals surface area contributed by atoms with Gasteiger partial charge in [-0.05, 0) is 35.9 Å². The molecule has 0 radical (unpaired) electrons. The second-order valence-corrected chi connectivity index (χ2v) is 5.76. The predicted molar refractivity (Wildman–Crippen MR) is 83.1 cm³/mol. The Morgan fingerprint density at radius 1 is 1.16 bits per heavy atom. The van der Waals surface area contributed by atoms with Crippen molar-refractivity contribution < 1.29 is 4.79 Å². The number of hydrogen-bond donors (Lipinski definition) is 1. The Balaban J connectivity index is 2.31. The molecule has 2 rings (SSSR count). The third-order valence-corrected chi connectivity index (χ3v) is 3.91. The second-order valence-electron chi connectivity index (χ2n) is 4.03. The third kappa shape index (κ3) is 3.30. The van der Waals surface area contributed by atoms with E-state index in [1.54, 1.807) is 36.4 Å². The molecule has 0 spiro atoms. The van der Waals surface area contributed by atoms with E-state index in [0.29, 0.717) is 26.9 Å². The highest BCUT2D eigenvalue weighted by Gasteiger charge is 2.14. The summed E-state index contributed by atoms with van der Waals surface area (Å²) in [5.74, 6) is -0.111. The molecule has 2 aromatic carbocycles. The predicted octanol–water partition coefficient (Wildman–Crippen LogP) is 4.76. The number of carbonyl (C=O) groups excluding carboxylic acids is 1. The van der Waals surface area contributed by atoms with Gasteiger partial charge in [-0.2, -0.15) is 0 Å². The van der Waals surface area contributed by atoms with Crippen LogP contribution in [0.2, 0.25) is 10.0 Å². The van der Waals surface area contributed by atoms with Crippen LogP contribution in [0.15, 0.2) is 40.9 Å². The van der Waals surface area contributed by atoms with E-state index < -0.39 is 0 Å². The molecule has 2 nitrogen and oxygen atoms in total. The number of anilines is 1. The lowest BCUT2D eigenvalue weighted by Gasteiger charge is -2.08. The van der Waals surface area contributed by atoms with Crippen molar-refractivity contribution in [2.45, 2.75) is 6.42 Å². The Morgan fingerprint density at radius 2 is 1.79 bits per heavy atom. The normalized spacial score (nSPS) is 10.5. The molecule has 2 N–H and O–H groups in total. The average Bonchev–Trinajstić information content (AvgIpc) is 2.33. The number of carbonyl (C=O) groups is 1. The first kappa shape index (κ1) is 14.4. The van der Waals surface area contributed by atoms with Crippen molar-refractivity contribution in [3.8, 4) is 0 Å². The molecule has 0 aliphatic rings. The first-order chi connectivity index (χ1) is 8.99. The molecule has 98 valence electrons. The number of halogens is 3. The van der Waals surface area contributed by atoms with Crippen LogP contribution in [0.5, 0.6) is 0 Å². The molecule has 0 atom stereocenters. The summed E-state index contributed by atoms with van der Waals surface area (Å²) in [4.78, 5) is 12.2. The van der Waals surface area contributed by atoms with Gasteiger partial charge in [0.1, 0.15) is 0 Å². The number of ketones is 1. The van der Waals surface area contributed by atoms with E-state index in [4.69, 9.17) is 28.9 Å². The monoisotopic (exact) mass is 357 g/mol. The van der Waals surface area contributed by atoms with Gasteiger partial charge in [-0.25, -0.2) is 0 Å². The van der Waals surface area contributed by atoms with Crippen molar-refractivity contribution >= 4 is 50.6 Å². The largest absolute Gasteiger partial charge is 0.398 e. The van der Waals surface area contributed by atoms with Crippen LogP contribution in [0, 0.1) is 0 Å². The van der Waals surface area contributed by atoms with Gasteiger partial charge >= 0.3 is 0 Å². The lowest BCUT2D eigenvalue weighted by atomic mass is 10.0. The molecule has 0 unspecified atom stereocenters. The van der Waals surface area contributed by atoms with Crippen molar-refractivity contribution in [2.75, 3.05) is 5.73 Å². The highest BCUT2D eigenvalue weighted by atomic mass is 79.9. The minimum Gasteiger partial charge on any atom is -0.398 e. The summed E-state index contributed by atoms with van der Waals surface area (Å²) in [6.07, 6.45) is 0.129. The molecule has 0 aliphatic heterocycles. The molecule has 19 heavy (non-hydrogen) atoms. The molecule has 0 saturated heterocycles. The molecular weight excluding hydrogens is 349 g/mol. The third-order valence-electron chi connectivity index (χ3n) is 2.71. The summed E-state index contributed by atoms with van der Waals surface area (Å²) >= 11 is 15.4. The summed E-state index contributed by atoms with van der Waals surface area (Å²) in [6.45, 7) is 0. The highest BCUT2D eigenvalue weighted by Crippen LogP contribution is 2.27. The fourth-order valence-corrected chi connectivity index (χ4v) is 2.65. The molecule has 0 amide bonds. The number of rotatable bonds is 3. The first-order valence-corrected chi connectivity index (χ1v) is 7.05. The smallest absolute Gasteiger partial charge is 0.169 e. The second kappa shape index (κ2) is 5.95. The SMILES string of the molecule is Nc1cc(Br)ccc1C(=O)Cc1c(Cl)cccc1Cl. The van der Waals surface area contributed by atoms with Crippen molar-refractivity contribution in [1.29, 1.82) is 0 Å². The average molecular weight is 359 g/mol. The van der Waals surface area contributed by atoms with Gasteiger partial charge in [0.25, 0.3) is 0 Å². The maximum absolute atomic E-state index is 12.2. The molecule has 0 bridgehead atoms. The fraction of sp³-hybridized carbons (Fsp3) is 0.0714. The maximum Gasteiger partial charge on any atom is 0.169 e. The summed E-state index contributed by atoms with van der Waals surface area (Å²) in [6, 6.07) is 10.3. The Morgan fingerprint density at radius 3 is 2.37 bits per heavy atom. The molecule has 0 saturated carbocycles. The van der Waals surface area contributed by atoms with Gasteiger partial charge in [-0.3, -0.25) is 4.79 Å². The Labute approximate surface area is 129 Å². The number of nitrogen functional groups attached to an aromatic ring is 1. The van der Waals surface area contributed by atoms with Gasteiger partial charge in [-0.1, -0.05) is 45.2 Å². The van der Waals surface area contributed by atoms with E-state index in [9.17, 15) is 4.79 Å². The van der Waals surface area contributed by atoms with Crippen LogP contribution in [-0.2, 0) is 6.42 Å². The van der Waals surface area contributed by atoms with Crippen molar-refractivity contribution in [2.24, 2.45) is 0 Å². The number of benzene rings is 2. The van der Waals surface area contributed by atoms with Crippen LogP contribution >= 0.6 is 39.1 Å². The van der Waals surface area contributed by atoms with E-state index in [1.165, 1.54) is 0 Å². The molecule has 0 fully saturated rings. The number of hydrogen-bond acceptors (Lipinski definition) is 2. The topological polar surface area (TPSA) is 43.1 Å². The molecule has 0 aromatic heterocycles. The van der Waals surface area contributed by atoms with Crippen LogP contribution in [-0.4, -0.2) is 5.78 Å². The summed E-state index contributed by atoms with van der Waals surface area (Å²) in [7, 11) is 0. The van der Waals surface area contributed by atoms with Gasteiger partial charge in [0.2, 0.25) is 0 Å². The molecule has 5 heteroatoms. The Bertz CT molecular complexity index is 623.